The molecule has 0 aromatic rings. The lowest BCUT2D eigenvalue weighted by atomic mass is 10.0. The Labute approximate surface area is 49.1 Å². The summed E-state index contributed by atoms with van der Waals surface area (Å²) in [6.07, 6.45) is -0.376. The van der Waals surface area contributed by atoms with Crippen molar-refractivity contribution in [3.8, 4) is 6.07 Å². The van der Waals surface area contributed by atoms with E-state index in [1.165, 1.54) is 6.92 Å². The molecule has 0 N–H and O–H groups in total. The highest BCUT2D eigenvalue weighted by Crippen LogP contribution is 2.08. The lowest BCUT2D eigenvalue weighted by Gasteiger charge is -2.03. The standard InChI is InChI=1S/C6H10FN/c1-3-6(4-8)5(2)7/h5-6H,3H2,1-2H3/t5?,6-/m1/s1. The van der Waals surface area contributed by atoms with Crippen molar-refractivity contribution in [2.24, 2.45) is 5.92 Å². The van der Waals surface area contributed by atoms with Crippen LogP contribution in [0.25, 0.3) is 0 Å². The molecule has 0 bridgehead atoms. The minimum absolute atomic E-state index is 0.407. The summed E-state index contributed by atoms with van der Waals surface area (Å²) in [6, 6.07) is 1.88. The van der Waals surface area contributed by atoms with Crippen LogP contribution in [-0.4, -0.2) is 6.17 Å². The number of rotatable bonds is 2. The average Bonchev–Trinajstić information content (AvgIpc) is 1.69. The SMILES string of the molecule is CC[C@H](C#N)C(C)F. The minimum Gasteiger partial charge on any atom is -0.246 e. The number of hydrogen-bond acceptors (Lipinski definition) is 1. The number of hydrogen-bond donors (Lipinski definition) is 0. The summed E-state index contributed by atoms with van der Waals surface area (Å²) in [6.45, 7) is 3.22. The van der Waals surface area contributed by atoms with Crippen molar-refractivity contribution in [3.05, 3.63) is 0 Å². The molecule has 0 aliphatic rings. The quantitative estimate of drug-likeness (QED) is 0.539. The predicted molar refractivity (Wildman–Crippen MR) is 30.0 cm³/mol. The molecule has 0 aliphatic carbocycles. The highest BCUT2D eigenvalue weighted by Gasteiger charge is 2.11. The Kier molecular flexibility index (Phi) is 3.18. The third-order valence-corrected chi connectivity index (χ3v) is 1.16. The Balaban J connectivity index is 3.57. The zero-order chi connectivity index (χ0) is 6.57. The van der Waals surface area contributed by atoms with Gasteiger partial charge in [-0.3, -0.25) is 0 Å². The first-order valence-electron chi connectivity index (χ1n) is 2.76. The van der Waals surface area contributed by atoms with Gasteiger partial charge in [0.25, 0.3) is 0 Å². The maximum Gasteiger partial charge on any atom is 0.113 e. The second-order valence-corrected chi connectivity index (χ2v) is 1.82. The summed E-state index contributed by atoms with van der Waals surface area (Å²) in [4.78, 5) is 0. The van der Waals surface area contributed by atoms with Crippen molar-refractivity contribution in [3.63, 3.8) is 0 Å². The van der Waals surface area contributed by atoms with Crippen LogP contribution in [0.4, 0.5) is 4.39 Å². The predicted octanol–water partition coefficient (Wildman–Crippen LogP) is 1.89. The molecule has 0 spiro atoms. The van der Waals surface area contributed by atoms with Crippen LogP contribution in [0.1, 0.15) is 20.3 Å². The van der Waals surface area contributed by atoms with Crippen LogP contribution < -0.4 is 0 Å². The van der Waals surface area contributed by atoms with Gasteiger partial charge in [0.15, 0.2) is 0 Å². The van der Waals surface area contributed by atoms with E-state index in [1.807, 2.05) is 13.0 Å². The van der Waals surface area contributed by atoms with Gasteiger partial charge in [-0.2, -0.15) is 5.26 Å². The summed E-state index contributed by atoms with van der Waals surface area (Å²) in [5, 5.41) is 8.21. The molecule has 46 valence electrons. The van der Waals surface area contributed by atoms with Gasteiger partial charge >= 0.3 is 0 Å². The summed E-state index contributed by atoms with van der Waals surface area (Å²) >= 11 is 0. The van der Waals surface area contributed by atoms with E-state index < -0.39 is 12.1 Å². The summed E-state index contributed by atoms with van der Waals surface area (Å²) in [5.74, 6) is -0.407. The van der Waals surface area contributed by atoms with Crippen LogP contribution in [0.5, 0.6) is 0 Å². The van der Waals surface area contributed by atoms with Crippen LogP contribution in [0, 0.1) is 17.2 Å². The van der Waals surface area contributed by atoms with Crippen molar-refractivity contribution < 1.29 is 4.39 Å². The third kappa shape index (κ3) is 1.92. The first-order chi connectivity index (χ1) is 3.72. The molecule has 0 rings (SSSR count). The minimum atomic E-state index is -0.981. The van der Waals surface area contributed by atoms with Gasteiger partial charge in [0, 0.05) is 0 Å². The maximum absolute atomic E-state index is 12.1. The molecule has 1 unspecified atom stereocenters. The van der Waals surface area contributed by atoms with E-state index in [-0.39, 0.29) is 0 Å². The van der Waals surface area contributed by atoms with Crippen molar-refractivity contribution in [1.29, 1.82) is 5.26 Å². The monoisotopic (exact) mass is 115 g/mol. The Morgan fingerprint density at radius 3 is 2.25 bits per heavy atom. The third-order valence-electron chi connectivity index (χ3n) is 1.16. The van der Waals surface area contributed by atoms with Crippen molar-refractivity contribution >= 4 is 0 Å². The molecular formula is C6H10FN. The highest BCUT2D eigenvalue weighted by molar-refractivity contribution is 4.85. The molecule has 0 radical (unpaired) electrons. The van der Waals surface area contributed by atoms with Gasteiger partial charge in [-0.05, 0) is 13.3 Å². The molecular weight excluding hydrogens is 105 g/mol. The normalized spacial score (nSPS) is 16.8. The molecule has 0 saturated carbocycles. The van der Waals surface area contributed by atoms with Gasteiger partial charge in [0.05, 0.1) is 12.0 Å². The smallest absolute Gasteiger partial charge is 0.113 e. The fraction of sp³-hybridized carbons (Fsp3) is 0.833. The van der Waals surface area contributed by atoms with E-state index in [1.54, 1.807) is 0 Å². The molecule has 0 aromatic carbocycles. The van der Waals surface area contributed by atoms with Crippen LogP contribution in [0.3, 0.4) is 0 Å². The summed E-state index contributed by atoms with van der Waals surface area (Å²) in [7, 11) is 0. The van der Waals surface area contributed by atoms with E-state index in [4.69, 9.17) is 5.26 Å². The lowest BCUT2D eigenvalue weighted by Crippen LogP contribution is -2.07. The molecule has 0 heterocycles. The fourth-order valence-electron chi connectivity index (χ4n) is 0.519. The Morgan fingerprint density at radius 1 is 1.75 bits per heavy atom. The number of nitriles is 1. The van der Waals surface area contributed by atoms with Gasteiger partial charge < -0.3 is 0 Å². The molecule has 0 aromatic heterocycles. The second kappa shape index (κ2) is 3.43. The first kappa shape index (κ1) is 7.42. The van der Waals surface area contributed by atoms with Crippen molar-refractivity contribution in [1.82, 2.24) is 0 Å². The molecule has 0 saturated heterocycles. The zero-order valence-electron chi connectivity index (χ0n) is 5.19. The fourth-order valence-corrected chi connectivity index (χ4v) is 0.519. The zero-order valence-corrected chi connectivity index (χ0v) is 5.19. The largest absolute Gasteiger partial charge is 0.246 e. The summed E-state index contributed by atoms with van der Waals surface area (Å²) < 4.78 is 12.1. The topological polar surface area (TPSA) is 23.8 Å². The van der Waals surface area contributed by atoms with E-state index in [0.29, 0.717) is 6.42 Å². The van der Waals surface area contributed by atoms with Crippen molar-refractivity contribution in [2.75, 3.05) is 0 Å². The first-order valence-corrected chi connectivity index (χ1v) is 2.76. The summed E-state index contributed by atoms with van der Waals surface area (Å²) in [5.41, 5.74) is 0. The molecule has 2 heteroatoms. The van der Waals surface area contributed by atoms with E-state index in [2.05, 4.69) is 0 Å². The van der Waals surface area contributed by atoms with Gasteiger partial charge in [-0.25, -0.2) is 4.39 Å². The molecule has 1 nitrogen and oxygen atoms in total. The van der Waals surface area contributed by atoms with E-state index >= 15 is 0 Å². The average molecular weight is 115 g/mol. The van der Waals surface area contributed by atoms with Gasteiger partial charge in [0.1, 0.15) is 6.17 Å². The van der Waals surface area contributed by atoms with Gasteiger partial charge in [-0.15, -0.1) is 0 Å². The van der Waals surface area contributed by atoms with Crippen LogP contribution in [0.2, 0.25) is 0 Å². The number of nitrogens with zero attached hydrogens (tertiary/aromatic N) is 1. The molecule has 8 heavy (non-hydrogen) atoms. The Bertz CT molecular complexity index is 93.2. The lowest BCUT2D eigenvalue weighted by molar-refractivity contribution is 0.287. The maximum atomic E-state index is 12.1. The van der Waals surface area contributed by atoms with Gasteiger partial charge in [-0.1, -0.05) is 6.92 Å². The van der Waals surface area contributed by atoms with Crippen LogP contribution in [0.15, 0.2) is 0 Å². The van der Waals surface area contributed by atoms with Crippen LogP contribution in [-0.2, 0) is 0 Å². The Morgan fingerprint density at radius 2 is 2.25 bits per heavy atom. The molecule has 2 atom stereocenters. The van der Waals surface area contributed by atoms with Crippen molar-refractivity contribution in [2.45, 2.75) is 26.4 Å². The highest BCUT2D eigenvalue weighted by atomic mass is 19.1. The number of halogens is 1. The van der Waals surface area contributed by atoms with E-state index in [0.717, 1.165) is 0 Å². The molecule has 0 fully saturated rings. The second-order valence-electron chi connectivity index (χ2n) is 1.82. The van der Waals surface area contributed by atoms with Crippen LogP contribution >= 0.6 is 0 Å². The number of alkyl halides is 1. The van der Waals surface area contributed by atoms with Gasteiger partial charge in [0.2, 0.25) is 0 Å². The molecule has 0 amide bonds. The Hall–Kier alpha value is -0.580. The molecule has 0 aliphatic heterocycles. The van der Waals surface area contributed by atoms with E-state index in [9.17, 15) is 4.39 Å².